The first-order valence-electron chi connectivity index (χ1n) is 3.59. The van der Waals surface area contributed by atoms with Crippen molar-refractivity contribution in [1.29, 1.82) is 0 Å². The number of aromatic nitrogens is 4. The average Bonchev–Trinajstić information content (AvgIpc) is 2.57. The van der Waals surface area contributed by atoms with Crippen LogP contribution in [0.2, 0.25) is 0 Å². The van der Waals surface area contributed by atoms with Crippen LogP contribution in [0.4, 0.5) is 0 Å². The molecule has 0 aliphatic carbocycles. The molecule has 59 valence electrons. The van der Waals surface area contributed by atoms with Gasteiger partial charge in [0.05, 0.1) is 0 Å². The minimum atomic E-state index is 0.660. The molecule has 0 aliphatic heterocycles. The number of hydrogen-bond donors (Lipinski definition) is 1. The fraction of sp³-hybridized carbons (Fsp3) is 0.125. The molecule has 4 nitrogen and oxygen atoms in total. The number of aryl methyl sites for hydroxylation is 1. The number of hydrogen-bond acceptors (Lipinski definition) is 3. The van der Waals surface area contributed by atoms with Crippen molar-refractivity contribution in [3.8, 4) is 11.4 Å². The third-order valence-corrected chi connectivity index (χ3v) is 1.65. The lowest BCUT2D eigenvalue weighted by molar-refractivity contribution is 0.881. The Morgan fingerprint density at radius 2 is 2.42 bits per heavy atom. The Morgan fingerprint density at radius 3 is 3.08 bits per heavy atom. The Morgan fingerprint density at radius 1 is 1.50 bits per heavy atom. The van der Waals surface area contributed by atoms with Gasteiger partial charge in [0.25, 0.3) is 0 Å². The quantitative estimate of drug-likeness (QED) is 0.674. The zero-order chi connectivity index (χ0) is 8.39. The zero-order valence-corrected chi connectivity index (χ0v) is 6.57. The summed E-state index contributed by atoms with van der Waals surface area (Å²) >= 11 is 0. The lowest BCUT2D eigenvalue weighted by atomic mass is 10.1. The van der Waals surface area contributed by atoms with Gasteiger partial charge in [-0.3, -0.25) is 0 Å². The number of nitrogens with zero attached hydrogens (tertiary/aromatic N) is 3. The van der Waals surface area contributed by atoms with E-state index < -0.39 is 0 Å². The molecule has 2 rings (SSSR count). The number of benzene rings is 1. The number of H-pyrrole nitrogens is 1. The van der Waals surface area contributed by atoms with Crippen molar-refractivity contribution in [2.45, 2.75) is 6.92 Å². The number of tetrazole rings is 1. The van der Waals surface area contributed by atoms with Crippen molar-refractivity contribution >= 4 is 0 Å². The van der Waals surface area contributed by atoms with E-state index >= 15 is 0 Å². The van der Waals surface area contributed by atoms with Crippen LogP contribution in [-0.2, 0) is 0 Å². The number of nitrogens with one attached hydrogen (secondary N) is 1. The summed E-state index contributed by atoms with van der Waals surface area (Å²) < 4.78 is 0. The van der Waals surface area contributed by atoms with E-state index in [0.29, 0.717) is 5.82 Å². The standard InChI is InChI=1S/C8H7N4/c1-6-4-2-3-5-7(6)8-9-11-12-10-8/h2-4H,1H3,(H,9,10,11,12). The number of aromatic amines is 1. The fourth-order valence-corrected chi connectivity index (χ4v) is 1.04. The summed E-state index contributed by atoms with van der Waals surface area (Å²) in [7, 11) is 0. The molecule has 4 heteroatoms. The first kappa shape index (κ1) is 6.97. The largest absolute Gasteiger partial charge is 0.239 e. The molecular formula is C8H7N4. The predicted octanol–water partition coefficient (Wildman–Crippen LogP) is 0.975. The van der Waals surface area contributed by atoms with Crippen LogP contribution in [-0.4, -0.2) is 20.6 Å². The summed E-state index contributed by atoms with van der Waals surface area (Å²) in [6.45, 7) is 1.99. The normalized spacial score (nSPS) is 10.1. The van der Waals surface area contributed by atoms with Crippen LogP contribution in [0.15, 0.2) is 18.2 Å². The maximum absolute atomic E-state index is 3.80. The van der Waals surface area contributed by atoms with E-state index in [9.17, 15) is 0 Å². The van der Waals surface area contributed by atoms with Gasteiger partial charge in [0.15, 0.2) is 5.82 Å². The van der Waals surface area contributed by atoms with Crippen LogP contribution in [0.5, 0.6) is 0 Å². The van der Waals surface area contributed by atoms with Gasteiger partial charge in [0.2, 0.25) is 0 Å². The summed E-state index contributed by atoms with van der Waals surface area (Å²) in [5.41, 5.74) is 2.03. The van der Waals surface area contributed by atoms with Crippen LogP contribution in [0, 0.1) is 13.0 Å². The van der Waals surface area contributed by atoms with Gasteiger partial charge in [-0.1, -0.05) is 18.2 Å². The van der Waals surface area contributed by atoms with E-state index in [4.69, 9.17) is 0 Å². The van der Waals surface area contributed by atoms with Gasteiger partial charge in [-0.25, -0.2) is 5.10 Å². The molecule has 0 fully saturated rings. The number of rotatable bonds is 1. The summed E-state index contributed by atoms with van der Waals surface area (Å²) in [6, 6.07) is 8.83. The molecule has 1 N–H and O–H groups in total. The average molecular weight is 159 g/mol. The molecule has 0 unspecified atom stereocenters. The summed E-state index contributed by atoms with van der Waals surface area (Å²) in [4.78, 5) is 0. The van der Waals surface area contributed by atoms with Crippen LogP contribution >= 0.6 is 0 Å². The third-order valence-electron chi connectivity index (χ3n) is 1.65. The molecule has 2 aromatic rings. The monoisotopic (exact) mass is 159 g/mol. The lowest BCUT2D eigenvalue weighted by Crippen LogP contribution is -1.84. The molecule has 12 heavy (non-hydrogen) atoms. The molecule has 0 saturated heterocycles. The van der Waals surface area contributed by atoms with E-state index in [0.717, 1.165) is 11.1 Å². The molecule has 0 spiro atoms. The molecule has 0 amide bonds. The Kier molecular flexibility index (Phi) is 1.59. The lowest BCUT2D eigenvalue weighted by Gasteiger charge is -1.97. The molecule has 0 atom stereocenters. The van der Waals surface area contributed by atoms with E-state index in [2.05, 4.69) is 26.7 Å². The second kappa shape index (κ2) is 2.73. The molecule has 1 aromatic heterocycles. The highest BCUT2D eigenvalue weighted by Gasteiger charge is 2.03. The van der Waals surface area contributed by atoms with E-state index in [1.807, 2.05) is 25.1 Å². The van der Waals surface area contributed by atoms with E-state index in [1.165, 1.54) is 0 Å². The van der Waals surface area contributed by atoms with Gasteiger partial charge in [-0.15, -0.1) is 5.10 Å². The topological polar surface area (TPSA) is 54.5 Å². The van der Waals surface area contributed by atoms with Gasteiger partial charge < -0.3 is 0 Å². The first-order chi connectivity index (χ1) is 5.88. The molecule has 1 heterocycles. The van der Waals surface area contributed by atoms with Crippen molar-refractivity contribution < 1.29 is 0 Å². The fourth-order valence-electron chi connectivity index (χ4n) is 1.04. The second-order valence-electron chi connectivity index (χ2n) is 2.48. The molecule has 0 saturated carbocycles. The van der Waals surface area contributed by atoms with Gasteiger partial charge in [0, 0.05) is 5.56 Å². The first-order valence-corrected chi connectivity index (χ1v) is 3.59. The predicted molar refractivity (Wildman–Crippen MR) is 43.2 cm³/mol. The molecule has 0 bridgehead atoms. The maximum Gasteiger partial charge on any atom is 0.180 e. The summed E-state index contributed by atoms with van der Waals surface area (Å²) in [6.07, 6.45) is 0. The Labute approximate surface area is 69.6 Å². The van der Waals surface area contributed by atoms with Crippen molar-refractivity contribution in [3.05, 3.63) is 29.8 Å². The van der Waals surface area contributed by atoms with Crippen LogP contribution in [0.25, 0.3) is 11.4 Å². The highest BCUT2D eigenvalue weighted by atomic mass is 15.5. The summed E-state index contributed by atoms with van der Waals surface area (Å²) in [5, 5.41) is 13.5. The van der Waals surface area contributed by atoms with E-state index in [1.54, 1.807) is 0 Å². The van der Waals surface area contributed by atoms with Crippen molar-refractivity contribution in [1.82, 2.24) is 20.6 Å². The van der Waals surface area contributed by atoms with Crippen LogP contribution in [0.3, 0.4) is 0 Å². The maximum atomic E-state index is 3.80. The Balaban J connectivity index is 2.55. The zero-order valence-electron chi connectivity index (χ0n) is 6.57. The highest BCUT2D eigenvalue weighted by Crippen LogP contribution is 2.16. The van der Waals surface area contributed by atoms with Crippen LogP contribution in [0.1, 0.15) is 5.56 Å². The third kappa shape index (κ3) is 1.07. The SMILES string of the molecule is Cc1ccc[c]c1-c1nnn[nH]1. The smallest absolute Gasteiger partial charge is 0.180 e. The Bertz CT molecular complexity index is 366. The van der Waals surface area contributed by atoms with E-state index in [-0.39, 0.29) is 0 Å². The van der Waals surface area contributed by atoms with Crippen molar-refractivity contribution in [2.24, 2.45) is 0 Å². The minimum absolute atomic E-state index is 0.660. The molecular weight excluding hydrogens is 152 g/mol. The van der Waals surface area contributed by atoms with Gasteiger partial charge in [-0.05, 0) is 29.0 Å². The summed E-state index contributed by atoms with van der Waals surface area (Å²) in [5.74, 6) is 0.660. The van der Waals surface area contributed by atoms with Crippen LogP contribution < -0.4 is 0 Å². The molecule has 1 aromatic carbocycles. The Hall–Kier alpha value is -1.71. The molecule has 1 radical (unpaired) electrons. The van der Waals surface area contributed by atoms with Crippen molar-refractivity contribution in [2.75, 3.05) is 0 Å². The van der Waals surface area contributed by atoms with Gasteiger partial charge in [0.1, 0.15) is 0 Å². The van der Waals surface area contributed by atoms with Crippen molar-refractivity contribution in [3.63, 3.8) is 0 Å². The minimum Gasteiger partial charge on any atom is -0.239 e. The highest BCUT2D eigenvalue weighted by molar-refractivity contribution is 5.57. The second-order valence-corrected chi connectivity index (χ2v) is 2.48. The van der Waals surface area contributed by atoms with Gasteiger partial charge >= 0.3 is 0 Å². The molecule has 0 aliphatic rings. The van der Waals surface area contributed by atoms with Gasteiger partial charge in [-0.2, -0.15) is 0 Å².